The minimum absolute atomic E-state index is 0.446. The summed E-state index contributed by atoms with van der Waals surface area (Å²) in [7, 11) is 0. The molecule has 1 aromatic rings. The second kappa shape index (κ2) is 6.19. The molecule has 1 fully saturated rings. The quantitative estimate of drug-likeness (QED) is 0.888. The average Bonchev–Trinajstić information content (AvgIpc) is 2.40. The van der Waals surface area contributed by atoms with Crippen LogP contribution in [0, 0.1) is 0 Å². The number of aromatic nitrogens is 1. The van der Waals surface area contributed by atoms with Gasteiger partial charge in [0.15, 0.2) is 0 Å². The lowest BCUT2D eigenvalue weighted by Gasteiger charge is -2.38. The van der Waals surface area contributed by atoms with Gasteiger partial charge < -0.3 is 10.0 Å². The topological polar surface area (TPSA) is 36.4 Å². The molecule has 0 saturated carbocycles. The Morgan fingerprint density at radius 2 is 2.33 bits per heavy atom. The van der Waals surface area contributed by atoms with Crippen molar-refractivity contribution in [3.8, 4) is 0 Å². The lowest BCUT2D eigenvalue weighted by atomic mass is 9.97. The number of nitrogens with zero attached hydrogens (tertiary/aromatic N) is 2. The first-order valence-electron chi connectivity index (χ1n) is 7.13. The first-order valence-corrected chi connectivity index (χ1v) is 7.13. The SMILES string of the molecule is CCCC1CCCCN1c1ncccc1[C@@H](C)O. The van der Waals surface area contributed by atoms with Crippen molar-refractivity contribution in [1.29, 1.82) is 0 Å². The van der Waals surface area contributed by atoms with Crippen LogP contribution in [0.2, 0.25) is 0 Å². The predicted molar refractivity (Wildman–Crippen MR) is 74.8 cm³/mol. The molecule has 1 aliphatic rings. The van der Waals surface area contributed by atoms with Crippen LogP contribution in [0.5, 0.6) is 0 Å². The summed E-state index contributed by atoms with van der Waals surface area (Å²) in [6, 6.07) is 4.49. The largest absolute Gasteiger partial charge is 0.389 e. The number of aliphatic hydroxyl groups excluding tert-OH is 1. The van der Waals surface area contributed by atoms with Crippen molar-refractivity contribution in [2.45, 2.75) is 58.1 Å². The van der Waals surface area contributed by atoms with Gasteiger partial charge >= 0.3 is 0 Å². The van der Waals surface area contributed by atoms with Gasteiger partial charge in [0.25, 0.3) is 0 Å². The summed E-state index contributed by atoms with van der Waals surface area (Å²) in [6.07, 6.45) is 7.61. The first-order chi connectivity index (χ1) is 8.74. The second-order valence-corrected chi connectivity index (χ2v) is 5.22. The lowest BCUT2D eigenvalue weighted by molar-refractivity contribution is 0.199. The summed E-state index contributed by atoms with van der Waals surface area (Å²) in [6.45, 7) is 5.13. The smallest absolute Gasteiger partial charge is 0.134 e. The van der Waals surface area contributed by atoms with Crippen molar-refractivity contribution in [2.24, 2.45) is 0 Å². The number of pyridine rings is 1. The van der Waals surface area contributed by atoms with Gasteiger partial charge in [-0.2, -0.15) is 0 Å². The molecule has 0 aliphatic carbocycles. The zero-order valence-electron chi connectivity index (χ0n) is 11.5. The summed E-state index contributed by atoms with van der Waals surface area (Å²) in [5.74, 6) is 0.991. The Kier molecular flexibility index (Phi) is 4.59. The zero-order chi connectivity index (χ0) is 13.0. The van der Waals surface area contributed by atoms with Crippen LogP contribution < -0.4 is 4.90 Å². The van der Waals surface area contributed by atoms with E-state index in [1.807, 2.05) is 25.3 Å². The van der Waals surface area contributed by atoms with Gasteiger partial charge in [-0.3, -0.25) is 0 Å². The Morgan fingerprint density at radius 1 is 1.50 bits per heavy atom. The van der Waals surface area contributed by atoms with Gasteiger partial charge in [-0.05, 0) is 38.7 Å². The van der Waals surface area contributed by atoms with Crippen molar-refractivity contribution < 1.29 is 5.11 Å². The molecule has 0 aromatic carbocycles. The molecule has 18 heavy (non-hydrogen) atoms. The molecule has 3 heteroatoms. The number of piperidine rings is 1. The van der Waals surface area contributed by atoms with Crippen LogP contribution >= 0.6 is 0 Å². The molecule has 1 unspecified atom stereocenters. The Morgan fingerprint density at radius 3 is 3.06 bits per heavy atom. The molecular formula is C15H24N2O. The maximum Gasteiger partial charge on any atom is 0.134 e. The fraction of sp³-hybridized carbons (Fsp3) is 0.667. The summed E-state index contributed by atoms with van der Waals surface area (Å²) in [5.41, 5.74) is 0.959. The van der Waals surface area contributed by atoms with E-state index in [0.29, 0.717) is 6.04 Å². The van der Waals surface area contributed by atoms with E-state index >= 15 is 0 Å². The lowest BCUT2D eigenvalue weighted by Crippen LogP contribution is -2.40. The van der Waals surface area contributed by atoms with E-state index < -0.39 is 6.10 Å². The standard InChI is InChI=1S/C15H24N2O/c1-3-7-13-8-4-5-11-17(13)15-14(12(2)18)9-6-10-16-15/h6,9-10,12-13,18H,3-5,7-8,11H2,1-2H3/t12-,13?/m1/s1. The van der Waals surface area contributed by atoms with E-state index in [2.05, 4.69) is 16.8 Å². The highest BCUT2D eigenvalue weighted by Crippen LogP contribution is 2.30. The molecule has 0 amide bonds. The Hall–Kier alpha value is -1.09. The number of anilines is 1. The minimum Gasteiger partial charge on any atom is -0.389 e. The summed E-state index contributed by atoms with van der Waals surface area (Å²) in [4.78, 5) is 6.93. The van der Waals surface area contributed by atoms with E-state index in [0.717, 1.165) is 17.9 Å². The molecule has 2 atom stereocenters. The van der Waals surface area contributed by atoms with Crippen LogP contribution in [0.15, 0.2) is 18.3 Å². The normalized spacial score (nSPS) is 21.9. The first kappa shape index (κ1) is 13.3. The Bertz CT molecular complexity index is 377. The van der Waals surface area contributed by atoms with Gasteiger partial charge in [0.2, 0.25) is 0 Å². The molecule has 1 saturated heterocycles. The monoisotopic (exact) mass is 248 g/mol. The van der Waals surface area contributed by atoms with Crippen LogP contribution in [0.1, 0.15) is 57.6 Å². The van der Waals surface area contributed by atoms with E-state index in [1.165, 1.54) is 32.1 Å². The second-order valence-electron chi connectivity index (χ2n) is 5.22. The third-order valence-electron chi connectivity index (χ3n) is 3.79. The molecule has 2 heterocycles. The van der Waals surface area contributed by atoms with Gasteiger partial charge in [0.05, 0.1) is 6.10 Å². The van der Waals surface area contributed by atoms with Crippen molar-refractivity contribution in [3.05, 3.63) is 23.9 Å². The fourth-order valence-electron chi connectivity index (χ4n) is 2.89. The highest BCUT2D eigenvalue weighted by Gasteiger charge is 2.25. The van der Waals surface area contributed by atoms with E-state index in [-0.39, 0.29) is 0 Å². The van der Waals surface area contributed by atoms with Crippen LogP contribution in [0.25, 0.3) is 0 Å². The minimum atomic E-state index is -0.446. The van der Waals surface area contributed by atoms with Crippen LogP contribution in [0.3, 0.4) is 0 Å². The van der Waals surface area contributed by atoms with Crippen molar-refractivity contribution in [3.63, 3.8) is 0 Å². The number of hydrogen-bond donors (Lipinski definition) is 1. The molecule has 2 rings (SSSR count). The highest BCUT2D eigenvalue weighted by molar-refractivity contribution is 5.49. The Labute approximate surface area is 110 Å². The molecule has 1 aromatic heterocycles. The molecule has 0 bridgehead atoms. The summed E-state index contributed by atoms with van der Waals surface area (Å²) >= 11 is 0. The number of rotatable bonds is 4. The Balaban J connectivity index is 2.27. The maximum atomic E-state index is 9.88. The third kappa shape index (κ3) is 2.83. The van der Waals surface area contributed by atoms with Crippen molar-refractivity contribution >= 4 is 5.82 Å². The van der Waals surface area contributed by atoms with Gasteiger partial charge in [-0.1, -0.05) is 19.4 Å². The van der Waals surface area contributed by atoms with Crippen molar-refractivity contribution in [2.75, 3.05) is 11.4 Å². The highest BCUT2D eigenvalue weighted by atomic mass is 16.3. The van der Waals surface area contributed by atoms with Crippen LogP contribution in [-0.2, 0) is 0 Å². The summed E-state index contributed by atoms with van der Waals surface area (Å²) in [5, 5.41) is 9.88. The molecule has 1 N–H and O–H groups in total. The molecule has 100 valence electrons. The predicted octanol–water partition coefficient (Wildman–Crippen LogP) is 3.29. The van der Waals surface area contributed by atoms with Crippen LogP contribution in [-0.4, -0.2) is 22.7 Å². The third-order valence-corrected chi connectivity index (χ3v) is 3.79. The van der Waals surface area contributed by atoms with E-state index in [1.54, 1.807) is 0 Å². The number of hydrogen-bond acceptors (Lipinski definition) is 3. The molecule has 3 nitrogen and oxygen atoms in total. The molecule has 1 aliphatic heterocycles. The van der Waals surface area contributed by atoms with Crippen LogP contribution in [0.4, 0.5) is 5.82 Å². The molecular weight excluding hydrogens is 224 g/mol. The zero-order valence-corrected chi connectivity index (χ0v) is 11.5. The van der Waals surface area contributed by atoms with Gasteiger partial charge in [0.1, 0.15) is 5.82 Å². The average molecular weight is 248 g/mol. The van der Waals surface area contributed by atoms with Gasteiger partial charge in [0, 0.05) is 24.3 Å². The molecule has 0 radical (unpaired) electrons. The van der Waals surface area contributed by atoms with Gasteiger partial charge in [-0.25, -0.2) is 4.98 Å². The number of aliphatic hydroxyl groups is 1. The van der Waals surface area contributed by atoms with E-state index in [9.17, 15) is 5.11 Å². The van der Waals surface area contributed by atoms with Crippen molar-refractivity contribution in [1.82, 2.24) is 4.98 Å². The summed E-state index contributed by atoms with van der Waals surface area (Å²) < 4.78 is 0. The fourth-order valence-corrected chi connectivity index (χ4v) is 2.89. The van der Waals surface area contributed by atoms with Gasteiger partial charge in [-0.15, -0.1) is 0 Å². The maximum absolute atomic E-state index is 9.88. The van der Waals surface area contributed by atoms with E-state index in [4.69, 9.17) is 0 Å². The molecule has 0 spiro atoms.